The van der Waals surface area contributed by atoms with Gasteiger partial charge in [-0.3, -0.25) is 4.98 Å². The second kappa shape index (κ2) is 8.58. The summed E-state index contributed by atoms with van der Waals surface area (Å²) in [5, 5.41) is 11.8. The molecular weight excluding hydrogens is 324 g/mol. The van der Waals surface area contributed by atoms with Gasteiger partial charge in [-0.15, -0.1) is 10.2 Å². The van der Waals surface area contributed by atoms with Crippen LogP contribution in [0.4, 0.5) is 0 Å². The Morgan fingerprint density at radius 2 is 1.96 bits per heavy atom. The highest BCUT2D eigenvalue weighted by Crippen LogP contribution is 2.38. The predicted octanol–water partition coefficient (Wildman–Crippen LogP) is 3.96. The lowest BCUT2D eigenvalue weighted by molar-refractivity contribution is 0.218. The molecule has 0 fully saturated rings. The molecule has 0 aliphatic heterocycles. The van der Waals surface area contributed by atoms with E-state index in [1.807, 2.05) is 19.3 Å². The zero-order valence-electron chi connectivity index (χ0n) is 16.3. The number of hydrogen-bond donors (Lipinski definition) is 1. The number of hydrogen-bond acceptors (Lipinski definition) is 5. The molecule has 26 heavy (non-hydrogen) atoms. The van der Waals surface area contributed by atoms with Crippen molar-refractivity contribution in [3.05, 3.63) is 53.5 Å². The first-order valence-corrected chi connectivity index (χ1v) is 9.60. The Hall–Kier alpha value is -2.01. The lowest BCUT2D eigenvalue weighted by Crippen LogP contribution is -2.34. The van der Waals surface area contributed by atoms with E-state index in [-0.39, 0.29) is 0 Å². The van der Waals surface area contributed by atoms with E-state index >= 15 is 0 Å². The maximum absolute atomic E-state index is 5.60. The van der Waals surface area contributed by atoms with Gasteiger partial charge in [0.25, 0.3) is 0 Å². The molecule has 1 N–H and O–H groups in total. The highest BCUT2D eigenvalue weighted by atomic mass is 16.4. The Morgan fingerprint density at radius 1 is 1.19 bits per heavy atom. The van der Waals surface area contributed by atoms with Crippen LogP contribution in [-0.2, 0) is 13.0 Å². The molecule has 2 aromatic heterocycles. The van der Waals surface area contributed by atoms with Crippen molar-refractivity contribution in [2.24, 2.45) is 23.7 Å². The van der Waals surface area contributed by atoms with Gasteiger partial charge in [0.2, 0.25) is 11.8 Å². The summed E-state index contributed by atoms with van der Waals surface area (Å²) in [7, 11) is 0. The fourth-order valence-corrected chi connectivity index (χ4v) is 4.02. The monoisotopic (exact) mass is 354 g/mol. The third kappa shape index (κ3) is 4.79. The fourth-order valence-electron chi connectivity index (χ4n) is 4.02. The molecule has 3 atom stereocenters. The van der Waals surface area contributed by atoms with E-state index in [1.54, 1.807) is 0 Å². The van der Waals surface area contributed by atoms with Crippen LogP contribution in [0.2, 0.25) is 0 Å². The highest BCUT2D eigenvalue weighted by Gasteiger charge is 2.32. The largest absolute Gasteiger partial charge is 0.426 e. The molecule has 0 saturated carbocycles. The number of nitrogens with zero attached hydrogens (tertiary/aromatic N) is 3. The summed E-state index contributed by atoms with van der Waals surface area (Å²) in [4.78, 5) is 4.08. The number of pyridine rings is 1. The topological polar surface area (TPSA) is 63.8 Å². The first-order chi connectivity index (χ1) is 12.5. The van der Waals surface area contributed by atoms with Crippen LogP contribution in [0, 0.1) is 30.6 Å². The molecule has 0 amide bonds. The number of allylic oxidation sites excluding steroid dienone is 1. The van der Waals surface area contributed by atoms with Crippen molar-refractivity contribution in [2.75, 3.05) is 6.54 Å². The molecule has 3 unspecified atom stereocenters. The van der Waals surface area contributed by atoms with Crippen LogP contribution in [0.25, 0.3) is 0 Å². The van der Waals surface area contributed by atoms with E-state index in [2.05, 4.69) is 59.5 Å². The molecule has 2 heterocycles. The van der Waals surface area contributed by atoms with Gasteiger partial charge in [0, 0.05) is 38.8 Å². The summed E-state index contributed by atoms with van der Waals surface area (Å²) < 4.78 is 5.60. The lowest BCUT2D eigenvalue weighted by Gasteiger charge is -2.37. The third-order valence-electron chi connectivity index (χ3n) is 5.53. The van der Waals surface area contributed by atoms with E-state index in [4.69, 9.17) is 4.42 Å². The molecule has 0 radical (unpaired) electrons. The number of aryl methyl sites for hydroxylation is 1. The van der Waals surface area contributed by atoms with Gasteiger partial charge < -0.3 is 9.73 Å². The molecule has 2 aromatic rings. The summed E-state index contributed by atoms with van der Waals surface area (Å²) in [5.41, 5.74) is 2.73. The lowest BCUT2D eigenvalue weighted by atomic mass is 9.70. The van der Waals surface area contributed by atoms with E-state index < -0.39 is 0 Å². The van der Waals surface area contributed by atoms with Crippen LogP contribution in [-0.4, -0.2) is 21.7 Å². The summed E-state index contributed by atoms with van der Waals surface area (Å²) in [6.07, 6.45) is 8.21. The average Bonchev–Trinajstić information content (AvgIpc) is 3.02. The summed E-state index contributed by atoms with van der Waals surface area (Å²) in [5.74, 6) is 3.79. The molecule has 3 rings (SSSR count). The Bertz CT molecular complexity index is 723. The summed E-state index contributed by atoms with van der Waals surface area (Å²) in [6.45, 7) is 10.7. The van der Waals surface area contributed by atoms with Crippen molar-refractivity contribution in [1.29, 1.82) is 0 Å². The molecule has 5 nitrogen and oxygen atoms in total. The van der Waals surface area contributed by atoms with Gasteiger partial charge in [-0.1, -0.05) is 25.5 Å². The summed E-state index contributed by atoms with van der Waals surface area (Å²) in [6, 6.07) is 4.13. The van der Waals surface area contributed by atoms with Crippen LogP contribution in [0.5, 0.6) is 0 Å². The van der Waals surface area contributed by atoms with Crippen molar-refractivity contribution in [3.63, 3.8) is 0 Å². The Kier molecular flexibility index (Phi) is 6.20. The van der Waals surface area contributed by atoms with Crippen molar-refractivity contribution in [2.45, 2.75) is 47.1 Å². The van der Waals surface area contributed by atoms with Gasteiger partial charge in [0.1, 0.15) is 0 Å². The second-order valence-electron chi connectivity index (χ2n) is 7.82. The molecule has 5 heteroatoms. The van der Waals surface area contributed by atoms with E-state index in [0.717, 1.165) is 25.4 Å². The van der Waals surface area contributed by atoms with E-state index in [9.17, 15) is 0 Å². The van der Waals surface area contributed by atoms with Crippen molar-refractivity contribution >= 4 is 0 Å². The minimum Gasteiger partial charge on any atom is -0.426 e. The maximum Gasteiger partial charge on any atom is 0.217 e. The maximum atomic E-state index is 5.60. The molecule has 0 bridgehead atoms. The minimum atomic E-state index is 0.499. The van der Waals surface area contributed by atoms with Crippen molar-refractivity contribution in [3.8, 4) is 0 Å². The van der Waals surface area contributed by atoms with Crippen LogP contribution in [0.15, 0.2) is 40.6 Å². The van der Waals surface area contributed by atoms with Crippen LogP contribution in [0.1, 0.15) is 44.5 Å². The molecule has 1 aliphatic carbocycles. The number of aromatic nitrogens is 3. The van der Waals surface area contributed by atoms with Crippen LogP contribution in [0.3, 0.4) is 0 Å². The van der Waals surface area contributed by atoms with Gasteiger partial charge in [0.15, 0.2) is 0 Å². The molecule has 0 aromatic carbocycles. The smallest absolute Gasteiger partial charge is 0.217 e. The summed E-state index contributed by atoms with van der Waals surface area (Å²) >= 11 is 0. The quantitative estimate of drug-likeness (QED) is 0.763. The fraction of sp³-hybridized carbons (Fsp3) is 0.571. The first kappa shape index (κ1) is 18.8. The van der Waals surface area contributed by atoms with Gasteiger partial charge in [0.05, 0.1) is 0 Å². The van der Waals surface area contributed by atoms with Gasteiger partial charge in [-0.2, -0.15) is 0 Å². The van der Waals surface area contributed by atoms with Crippen molar-refractivity contribution in [1.82, 2.24) is 20.5 Å². The Labute approximate surface area is 156 Å². The zero-order chi connectivity index (χ0) is 18.5. The van der Waals surface area contributed by atoms with E-state index in [0.29, 0.717) is 29.6 Å². The second-order valence-corrected chi connectivity index (χ2v) is 7.82. The van der Waals surface area contributed by atoms with Gasteiger partial charge >= 0.3 is 0 Å². The van der Waals surface area contributed by atoms with Crippen molar-refractivity contribution < 1.29 is 4.42 Å². The standard InChI is InChI=1S/C21H30N4O/c1-14(2)20-10-18(11-21-25-24-16(4)26-21)15(3)9-19(20)13-23-12-17-5-7-22-8-6-17/h5-9,14,18-20,23H,10-13H2,1-4H3. The van der Waals surface area contributed by atoms with Gasteiger partial charge in [-0.25, -0.2) is 0 Å². The zero-order valence-corrected chi connectivity index (χ0v) is 16.3. The van der Waals surface area contributed by atoms with Crippen LogP contribution < -0.4 is 5.32 Å². The first-order valence-electron chi connectivity index (χ1n) is 9.60. The molecule has 0 spiro atoms. The molecule has 0 saturated heterocycles. The Balaban J connectivity index is 1.63. The average molecular weight is 354 g/mol. The third-order valence-corrected chi connectivity index (χ3v) is 5.53. The number of rotatable bonds is 7. The Morgan fingerprint density at radius 3 is 2.62 bits per heavy atom. The molecule has 140 valence electrons. The molecular formula is C21H30N4O. The van der Waals surface area contributed by atoms with Gasteiger partial charge in [-0.05, 0) is 54.7 Å². The van der Waals surface area contributed by atoms with Crippen LogP contribution >= 0.6 is 0 Å². The SMILES string of the molecule is CC1=CC(CNCc2ccncc2)C(C(C)C)CC1Cc1nnc(C)o1. The minimum absolute atomic E-state index is 0.499. The molecule has 1 aliphatic rings. The number of nitrogens with one attached hydrogen (secondary N) is 1. The normalized spacial score (nSPS) is 23.3. The van der Waals surface area contributed by atoms with E-state index in [1.165, 1.54) is 17.6 Å². The predicted molar refractivity (Wildman–Crippen MR) is 102 cm³/mol. The highest BCUT2D eigenvalue weighted by molar-refractivity contribution is 5.14.